The van der Waals surface area contributed by atoms with Gasteiger partial charge in [-0.05, 0) is 95.7 Å². The van der Waals surface area contributed by atoms with Crippen LogP contribution in [0, 0.1) is 11.8 Å². The molecule has 2 aromatic carbocycles. The lowest BCUT2D eigenvalue weighted by molar-refractivity contribution is 0.0958. The second-order valence-electron chi connectivity index (χ2n) is 12.7. The highest BCUT2D eigenvalue weighted by Gasteiger charge is 2.11. The summed E-state index contributed by atoms with van der Waals surface area (Å²) in [4.78, 5) is 11.4. The van der Waals surface area contributed by atoms with Crippen molar-refractivity contribution in [2.24, 2.45) is 11.8 Å². The van der Waals surface area contributed by atoms with Gasteiger partial charge in [-0.1, -0.05) is 20.8 Å². The van der Waals surface area contributed by atoms with Crippen molar-refractivity contribution in [2.75, 3.05) is 101 Å². The van der Waals surface area contributed by atoms with Crippen LogP contribution in [0.5, 0.6) is 11.5 Å². The summed E-state index contributed by atoms with van der Waals surface area (Å²) in [7, 11) is 8.36. The van der Waals surface area contributed by atoms with Gasteiger partial charge < -0.3 is 38.1 Å². The molecule has 0 aliphatic heterocycles. The second-order valence-corrected chi connectivity index (χ2v) is 12.7. The fourth-order valence-corrected chi connectivity index (χ4v) is 4.58. The standard InChI is InChI=1S/C36H58N4O5/c1-29(2)30(3)16-24-41-26-20-39(6)17-8-22-43-32-12-10-31(11-13-32)36-37-34-15-14-33(28-35(34)45-36)44-23-9-18-40(7)21-27-42-25-19-38(4)5/h10-15,28-30H,8-9,16-27H2,1-7H3. The van der Waals surface area contributed by atoms with Crippen molar-refractivity contribution in [1.29, 1.82) is 0 Å². The first-order chi connectivity index (χ1) is 21.7. The number of aromatic nitrogens is 1. The van der Waals surface area contributed by atoms with Crippen LogP contribution in [0.25, 0.3) is 22.6 Å². The molecule has 0 saturated carbocycles. The van der Waals surface area contributed by atoms with E-state index in [9.17, 15) is 0 Å². The Hall–Kier alpha value is -2.69. The molecule has 0 aliphatic rings. The van der Waals surface area contributed by atoms with Crippen molar-refractivity contribution >= 4 is 11.1 Å². The van der Waals surface area contributed by atoms with E-state index in [-0.39, 0.29) is 0 Å². The van der Waals surface area contributed by atoms with E-state index in [2.05, 4.69) is 68.6 Å². The summed E-state index contributed by atoms with van der Waals surface area (Å²) in [6, 6.07) is 13.7. The molecule has 252 valence electrons. The largest absolute Gasteiger partial charge is 0.494 e. The normalized spacial score (nSPS) is 12.7. The van der Waals surface area contributed by atoms with Crippen LogP contribution in [0.1, 0.15) is 40.0 Å². The maximum absolute atomic E-state index is 6.08. The highest BCUT2D eigenvalue weighted by Crippen LogP contribution is 2.28. The van der Waals surface area contributed by atoms with Gasteiger partial charge in [0.1, 0.15) is 17.0 Å². The van der Waals surface area contributed by atoms with Crippen LogP contribution >= 0.6 is 0 Å². The molecule has 0 radical (unpaired) electrons. The molecule has 1 aromatic heterocycles. The van der Waals surface area contributed by atoms with Crippen LogP contribution < -0.4 is 9.47 Å². The molecule has 0 amide bonds. The molecule has 0 fully saturated rings. The quantitative estimate of drug-likeness (QED) is 0.109. The molecule has 3 aromatic rings. The first-order valence-electron chi connectivity index (χ1n) is 16.6. The Morgan fingerprint density at radius 2 is 1.24 bits per heavy atom. The lowest BCUT2D eigenvalue weighted by atomic mass is 9.95. The van der Waals surface area contributed by atoms with Gasteiger partial charge in [0.25, 0.3) is 0 Å². The van der Waals surface area contributed by atoms with Gasteiger partial charge in [-0.3, -0.25) is 0 Å². The molecule has 0 bridgehead atoms. The van der Waals surface area contributed by atoms with Gasteiger partial charge in [-0.15, -0.1) is 0 Å². The minimum absolute atomic E-state index is 0.589. The van der Waals surface area contributed by atoms with Crippen molar-refractivity contribution in [3.63, 3.8) is 0 Å². The highest BCUT2D eigenvalue weighted by atomic mass is 16.5. The predicted octanol–water partition coefficient (Wildman–Crippen LogP) is 6.17. The third-order valence-electron chi connectivity index (χ3n) is 8.14. The lowest BCUT2D eigenvalue weighted by Crippen LogP contribution is -2.26. The van der Waals surface area contributed by atoms with E-state index in [4.69, 9.17) is 23.4 Å². The number of hydrogen-bond acceptors (Lipinski definition) is 9. The Kier molecular flexibility index (Phi) is 16.7. The van der Waals surface area contributed by atoms with Crippen molar-refractivity contribution in [3.8, 4) is 23.0 Å². The van der Waals surface area contributed by atoms with E-state index in [1.165, 1.54) is 0 Å². The van der Waals surface area contributed by atoms with Gasteiger partial charge in [0, 0.05) is 51.0 Å². The zero-order valence-corrected chi connectivity index (χ0v) is 28.9. The minimum Gasteiger partial charge on any atom is -0.494 e. The average Bonchev–Trinajstić information content (AvgIpc) is 3.44. The maximum Gasteiger partial charge on any atom is 0.227 e. The number of rotatable bonds is 24. The average molecular weight is 627 g/mol. The molecule has 9 nitrogen and oxygen atoms in total. The summed E-state index contributed by atoms with van der Waals surface area (Å²) in [5.41, 5.74) is 2.44. The summed E-state index contributed by atoms with van der Waals surface area (Å²) in [6.45, 7) is 16.0. The lowest BCUT2D eigenvalue weighted by Gasteiger charge is -2.18. The van der Waals surface area contributed by atoms with Crippen molar-refractivity contribution in [1.82, 2.24) is 19.7 Å². The number of hydrogen-bond donors (Lipinski definition) is 0. The van der Waals surface area contributed by atoms with Crippen LogP contribution in [0.15, 0.2) is 46.9 Å². The van der Waals surface area contributed by atoms with Crippen LogP contribution in [0.3, 0.4) is 0 Å². The van der Waals surface area contributed by atoms with Crippen molar-refractivity contribution in [3.05, 3.63) is 42.5 Å². The molecule has 1 heterocycles. The molecule has 0 aliphatic carbocycles. The van der Waals surface area contributed by atoms with E-state index in [0.29, 0.717) is 30.9 Å². The van der Waals surface area contributed by atoms with Gasteiger partial charge in [0.2, 0.25) is 5.89 Å². The summed E-state index contributed by atoms with van der Waals surface area (Å²) < 4.78 is 29.6. The van der Waals surface area contributed by atoms with Gasteiger partial charge in [0.05, 0.1) is 33.0 Å². The van der Waals surface area contributed by atoms with Crippen LogP contribution in [0.2, 0.25) is 0 Å². The van der Waals surface area contributed by atoms with E-state index in [1.807, 2.05) is 42.5 Å². The number of ether oxygens (including phenoxy) is 4. The minimum atomic E-state index is 0.589. The summed E-state index contributed by atoms with van der Waals surface area (Å²) in [6.07, 6.45) is 3.03. The highest BCUT2D eigenvalue weighted by molar-refractivity contribution is 5.77. The number of benzene rings is 2. The summed E-state index contributed by atoms with van der Waals surface area (Å²) >= 11 is 0. The Morgan fingerprint density at radius 1 is 0.667 bits per heavy atom. The zero-order valence-electron chi connectivity index (χ0n) is 28.9. The van der Waals surface area contributed by atoms with Crippen molar-refractivity contribution in [2.45, 2.75) is 40.0 Å². The third kappa shape index (κ3) is 14.5. The van der Waals surface area contributed by atoms with Crippen LogP contribution in [-0.2, 0) is 9.47 Å². The molecule has 1 unspecified atom stereocenters. The molecule has 3 rings (SSSR count). The fourth-order valence-electron chi connectivity index (χ4n) is 4.58. The number of nitrogens with zero attached hydrogens (tertiary/aromatic N) is 4. The zero-order chi connectivity index (χ0) is 32.4. The van der Waals surface area contributed by atoms with Gasteiger partial charge >= 0.3 is 0 Å². The first-order valence-corrected chi connectivity index (χ1v) is 16.6. The second kappa shape index (κ2) is 20.4. The first kappa shape index (κ1) is 36.8. The van der Waals surface area contributed by atoms with E-state index >= 15 is 0 Å². The van der Waals surface area contributed by atoms with Crippen molar-refractivity contribution < 1.29 is 23.4 Å². The Labute approximate surface area is 271 Å². The SMILES string of the molecule is CC(C)C(C)CCOCCN(C)CCCOc1ccc(-c2nc3ccc(OCCCN(C)CCOCCN(C)C)cc3o2)cc1. The fraction of sp³-hybridized carbons (Fsp3) is 0.639. The van der Waals surface area contributed by atoms with Gasteiger partial charge in [-0.2, -0.15) is 0 Å². The molecule has 0 N–H and O–H groups in total. The molecule has 0 spiro atoms. The molecular weight excluding hydrogens is 568 g/mol. The monoisotopic (exact) mass is 626 g/mol. The van der Waals surface area contributed by atoms with E-state index in [1.54, 1.807) is 0 Å². The van der Waals surface area contributed by atoms with Crippen LogP contribution in [-0.4, -0.2) is 120 Å². The number of fused-ring (bicyclic) bond motifs is 1. The molecular formula is C36H58N4O5. The smallest absolute Gasteiger partial charge is 0.227 e. The Balaban J connectivity index is 1.32. The Bertz CT molecular complexity index is 1200. The molecule has 9 heteroatoms. The molecule has 0 saturated heterocycles. The molecule has 1 atom stereocenters. The maximum atomic E-state index is 6.08. The third-order valence-corrected chi connectivity index (χ3v) is 8.14. The summed E-state index contributed by atoms with van der Waals surface area (Å²) in [5.74, 6) is 3.65. The van der Waals surface area contributed by atoms with E-state index < -0.39 is 0 Å². The number of likely N-dealkylation sites (N-methyl/N-ethyl adjacent to an activating group) is 3. The van der Waals surface area contributed by atoms with Gasteiger partial charge in [0.15, 0.2) is 5.58 Å². The number of oxazole rings is 1. The Morgan fingerprint density at radius 3 is 1.87 bits per heavy atom. The van der Waals surface area contributed by atoms with Gasteiger partial charge in [-0.25, -0.2) is 4.98 Å². The summed E-state index contributed by atoms with van der Waals surface area (Å²) in [5, 5.41) is 0. The van der Waals surface area contributed by atoms with Crippen LogP contribution in [0.4, 0.5) is 0 Å². The topological polar surface area (TPSA) is 72.7 Å². The predicted molar refractivity (Wildman–Crippen MR) is 183 cm³/mol. The van der Waals surface area contributed by atoms with E-state index in [0.717, 1.165) is 107 Å². The molecule has 45 heavy (non-hydrogen) atoms.